The quantitative estimate of drug-likeness (QED) is 0.258. The molecule has 1 heterocycles. The summed E-state index contributed by atoms with van der Waals surface area (Å²) >= 11 is 0. The van der Waals surface area contributed by atoms with Crippen molar-refractivity contribution in [1.82, 2.24) is 10.2 Å². The van der Waals surface area contributed by atoms with Gasteiger partial charge in [-0.1, -0.05) is 56.7 Å². The van der Waals surface area contributed by atoms with Gasteiger partial charge in [0.15, 0.2) is 0 Å². The molecule has 1 aromatic carbocycles. The van der Waals surface area contributed by atoms with Crippen LogP contribution < -0.4 is 4.74 Å². The zero-order chi connectivity index (χ0) is 21.6. The zero-order valence-electron chi connectivity index (χ0n) is 18.1. The van der Waals surface area contributed by atoms with Gasteiger partial charge in [-0.3, -0.25) is 0 Å². The van der Waals surface area contributed by atoms with E-state index >= 15 is 0 Å². The lowest BCUT2D eigenvalue weighted by Crippen LogP contribution is -2.08. The van der Waals surface area contributed by atoms with Gasteiger partial charge in [0.2, 0.25) is 5.88 Å². The van der Waals surface area contributed by atoms with Crippen molar-refractivity contribution < 1.29 is 13.9 Å². The Morgan fingerprint density at radius 3 is 2.70 bits per heavy atom. The lowest BCUT2D eigenvalue weighted by Gasteiger charge is -2.12. The van der Waals surface area contributed by atoms with Gasteiger partial charge in [-0.2, -0.15) is 0 Å². The van der Waals surface area contributed by atoms with E-state index in [0.29, 0.717) is 29.3 Å². The maximum Gasteiger partial charge on any atom is 0.233 e. The number of allylic oxidation sites excluding steroid dienone is 1. The molecule has 2 rings (SSSR count). The fourth-order valence-electron chi connectivity index (χ4n) is 2.97. The fourth-order valence-corrected chi connectivity index (χ4v) is 2.97. The van der Waals surface area contributed by atoms with Crippen LogP contribution in [0.1, 0.15) is 57.9 Å². The number of aromatic nitrogens is 2. The van der Waals surface area contributed by atoms with Crippen molar-refractivity contribution in [3.8, 4) is 17.1 Å². The molecular formula is C25H33FN2O2. The average Bonchev–Trinajstić information content (AvgIpc) is 2.76. The van der Waals surface area contributed by atoms with Crippen LogP contribution >= 0.6 is 0 Å². The Morgan fingerprint density at radius 2 is 2.00 bits per heavy atom. The third kappa shape index (κ3) is 8.46. The van der Waals surface area contributed by atoms with Crippen molar-refractivity contribution in [2.75, 3.05) is 13.2 Å². The number of hydrogen-bond donors (Lipinski definition) is 0. The van der Waals surface area contributed by atoms with Crippen molar-refractivity contribution in [2.24, 2.45) is 0 Å². The number of unbranched alkanes of at least 4 members (excludes halogenated alkanes) is 3. The summed E-state index contributed by atoms with van der Waals surface area (Å²) in [5.74, 6) is 0.143. The topological polar surface area (TPSA) is 44.2 Å². The van der Waals surface area contributed by atoms with Gasteiger partial charge in [0.25, 0.3) is 0 Å². The molecule has 0 aliphatic rings. The second kappa shape index (κ2) is 13.6. The molecule has 0 saturated carbocycles. The van der Waals surface area contributed by atoms with E-state index in [-0.39, 0.29) is 11.9 Å². The van der Waals surface area contributed by atoms with E-state index in [0.717, 1.165) is 32.3 Å². The lowest BCUT2D eigenvalue weighted by atomic mass is 10.1. The summed E-state index contributed by atoms with van der Waals surface area (Å²) in [6.45, 7) is 9.12. The molecule has 30 heavy (non-hydrogen) atoms. The molecule has 0 radical (unpaired) electrons. The van der Waals surface area contributed by atoms with Gasteiger partial charge >= 0.3 is 0 Å². The first-order valence-electron chi connectivity index (χ1n) is 10.8. The van der Waals surface area contributed by atoms with Crippen LogP contribution in [0.25, 0.3) is 17.3 Å². The van der Waals surface area contributed by atoms with Crippen LogP contribution in [0.5, 0.6) is 5.88 Å². The first-order chi connectivity index (χ1) is 14.6. The summed E-state index contributed by atoms with van der Waals surface area (Å²) in [6, 6.07) is 8.58. The highest BCUT2D eigenvalue weighted by molar-refractivity contribution is 5.62. The van der Waals surface area contributed by atoms with E-state index in [1.54, 1.807) is 24.3 Å². The second-order valence-corrected chi connectivity index (χ2v) is 7.31. The number of rotatable bonds is 14. The van der Waals surface area contributed by atoms with Crippen LogP contribution in [0.2, 0.25) is 0 Å². The molecule has 162 valence electrons. The summed E-state index contributed by atoms with van der Waals surface area (Å²) < 4.78 is 25.6. The SMILES string of the molecule is C=CCOc1ccc(-c2ccc(/C=C/CCCC(C)OCCCCC)c(F)c2)nn1. The van der Waals surface area contributed by atoms with Gasteiger partial charge in [0.1, 0.15) is 12.4 Å². The molecule has 0 fully saturated rings. The largest absolute Gasteiger partial charge is 0.472 e. The highest BCUT2D eigenvalue weighted by atomic mass is 19.1. The van der Waals surface area contributed by atoms with Crippen LogP contribution in [0, 0.1) is 5.82 Å². The highest BCUT2D eigenvalue weighted by Crippen LogP contribution is 2.22. The van der Waals surface area contributed by atoms with Crippen molar-refractivity contribution in [3.63, 3.8) is 0 Å². The predicted molar refractivity (Wildman–Crippen MR) is 121 cm³/mol. The first-order valence-corrected chi connectivity index (χ1v) is 10.8. The van der Waals surface area contributed by atoms with E-state index in [1.807, 2.05) is 18.2 Å². The summed E-state index contributed by atoms with van der Waals surface area (Å²) in [7, 11) is 0. The van der Waals surface area contributed by atoms with E-state index in [2.05, 4.69) is 30.6 Å². The van der Waals surface area contributed by atoms with Crippen molar-refractivity contribution >= 4 is 6.08 Å². The molecule has 0 saturated heterocycles. The number of nitrogens with zero attached hydrogens (tertiary/aromatic N) is 2. The van der Waals surface area contributed by atoms with Gasteiger partial charge in [-0.25, -0.2) is 4.39 Å². The molecule has 0 aliphatic heterocycles. The van der Waals surface area contributed by atoms with Crippen molar-refractivity contribution in [3.05, 3.63) is 60.4 Å². The van der Waals surface area contributed by atoms with E-state index in [1.165, 1.54) is 18.9 Å². The third-order valence-corrected chi connectivity index (χ3v) is 4.71. The summed E-state index contributed by atoms with van der Waals surface area (Å²) in [6.07, 6.45) is 12.3. The van der Waals surface area contributed by atoms with Gasteiger partial charge in [0, 0.05) is 23.8 Å². The molecule has 0 spiro atoms. The normalized spacial score (nSPS) is 12.2. The Balaban J connectivity index is 1.80. The van der Waals surface area contributed by atoms with Crippen LogP contribution in [-0.4, -0.2) is 29.5 Å². The molecule has 0 bridgehead atoms. The molecule has 0 aliphatic carbocycles. The Hall–Kier alpha value is -2.53. The second-order valence-electron chi connectivity index (χ2n) is 7.31. The molecule has 4 nitrogen and oxygen atoms in total. The maximum atomic E-state index is 14.5. The standard InChI is InChI=1S/C25H33FN2O2/c1-4-6-10-18-29-20(3)11-8-7-9-12-21-13-14-22(19-23(21)26)24-15-16-25(28-27-24)30-17-5-2/h5,9,12-16,19-20H,2,4,6-8,10-11,17-18H2,1,3H3/b12-9+. The minimum absolute atomic E-state index is 0.273. The van der Waals surface area contributed by atoms with Crippen LogP contribution in [0.4, 0.5) is 4.39 Å². The number of halogens is 1. The zero-order valence-corrected chi connectivity index (χ0v) is 18.1. The Morgan fingerprint density at radius 1 is 1.13 bits per heavy atom. The predicted octanol–water partition coefficient (Wildman–Crippen LogP) is 6.63. The fraction of sp³-hybridized carbons (Fsp3) is 0.440. The Kier molecular flexibility index (Phi) is 10.8. The molecule has 1 aromatic heterocycles. The molecule has 1 atom stereocenters. The van der Waals surface area contributed by atoms with Gasteiger partial charge < -0.3 is 9.47 Å². The summed E-state index contributed by atoms with van der Waals surface area (Å²) in [5, 5.41) is 8.09. The van der Waals surface area contributed by atoms with Crippen LogP contribution in [0.15, 0.2) is 49.1 Å². The molecule has 2 aromatic rings. The average molecular weight is 413 g/mol. The van der Waals surface area contributed by atoms with Gasteiger partial charge in [0.05, 0.1) is 11.8 Å². The van der Waals surface area contributed by atoms with E-state index in [4.69, 9.17) is 9.47 Å². The molecule has 5 heteroatoms. The molecule has 0 amide bonds. The maximum absolute atomic E-state index is 14.5. The van der Waals surface area contributed by atoms with Crippen LogP contribution in [-0.2, 0) is 4.74 Å². The number of benzene rings is 1. The van der Waals surface area contributed by atoms with Gasteiger partial charge in [-0.15, -0.1) is 10.2 Å². The highest BCUT2D eigenvalue weighted by Gasteiger charge is 2.06. The summed E-state index contributed by atoms with van der Waals surface area (Å²) in [4.78, 5) is 0. The van der Waals surface area contributed by atoms with Crippen molar-refractivity contribution in [2.45, 2.75) is 58.5 Å². The van der Waals surface area contributed by atoms with Crippen molar-refractivity contribution in [1.29, 1.82) is 0 Å². The third-order valence-electron chi connectivity index (χ3n) is 4.71. The van der Waals surface area contributed by atoms with E-state index in [9.17, 15) is 4.39 Å². The molecular weight excluding hydrogens is 379 g/mol. The Labute approximate surface area is 179 Å². The first kappa shape index (κ1) is 23.7. The molecule has 1 unspecified atom stereocenters. The van der Waals surface area contributed by atoms with E-state index < -0.39 is 0 Å². The lowest BCUT2D eigenvalue weighted by molar-refractivity contribution is 0.0566. The van der Waals surface area contributed by atoms with Gasteiger partial charge in [-0.05, 0) is 44.7 Å². The monoisotopic (exact) mass is 412 g/mol. The number of ether oxygens (including phenoxy) is 2. The molecule has 0 N–H and O–H groups in total. The summed E-state index contributed by atoms with van der Waals surface area (Å²) in [5.41, 5.74) is 1.85. The van der Waals surface area contributed by atoms with Crippen LogP contribution in [0.3, 0.4) is 0 Å². The minimum atomic E-state index is -0.273. The smallest absolute Gasteiger partial charge is 0.233 e. The number of hydrogen-bond acceptors (Lipinski definition) is 4. The minimum Gasteiger partial charge on any atom is -0.472 e. The Bertz CT molecular complexity index is 790.